The van der Waals surface area contributed by atoms with Gasteiger partial charge in [0.1, 0.15) is 5.69 Å². The Hall–Kier alpha value is -2.15. The van der Waals surface area contributed by atoms with Crippen molar-refractivity contribution in [3.8, 4) is 0 Å². The molecular weight excluding hydrogens is 321 g/mol. The molecule has 0 bridgehead atoms. The minimum Gasteiger partial charge on any atom is -0.354 e. The van der Waals surface area contributed by atoms with Crippen LogP contribution in [-0.2, 0) is 7.05 Å². The topological polar surface area (TPSA) is 63.1 Å². The standard InChI is InChI=1S/C15H17ClFN5O/c1-21-13(2-5-19-21)15(23)20-11-3-6-22(7-4-11)14-12(17)8-10(16)9-18-14/h2,5,8-9,11H,3-4,6-7H2,1H3,(H,20,23). The van der Waals surface area contributed by atoms with E-state index in [0.717, 1.165) is 12.8 Å². The Balaban J connectivity index is 1.58. The normalized spacial score (nSPS) is 15.7. The van der Waals surface area contributed by atoms with Gasteiger partial charge in [0.25, 0.3) is 5.91 Å². The second kappa shape index (κ2) is 6.54. The molecule has 8 heteroatoms. The molecule has 2 aromatic rings. The van der Waals surface area contributed by atoms with E-state index in [9.17, 15) is 9.18 Å². The van der Waals surface area contributed by atoms with Crippen LogP contribution in [0.5, 0.6) is 0 Å². The molecular formula is C15H17ClFN5O. The predicted octanol–water partition coefficient (Wildman–Crippen LogP) is 2.01. The highest BCUT2D eigenvalue weighted by molar-refractivity contribution is 6.30. The lowest BCUT2D eigenvalue weighted by atomic mass is 10.0. The highest BCUT2D eigenvalue weighted by Gasteiger charge is 2.24. The van der Waals surface area contributed by atoms with Crippen molar-refractivity contribution >= 4 is 23.3 Å². The molecule has 0 radical (unpaired) electrons. The molecule has 1 saturated heterocycles. The molecule has 0 spiro atoms. The summed E-state index contributed by atoms with van der Waals surface area (Å²) in [7, 11) is 1.73. The van der Waals surface area contributed by atoms with E-state index in [4.69, 9.17) is 11.6 Å². The number of piperidine rings is 1. The quantitative estimate of drug-likeness (QED) is 0.930. The van der Waals surface area contributed by atoms with Gasteiger partial charge in [-0.15, -0.1) is 0 Å². The van der Waals surface area contributed by atoms with Crippen LogP contribution >= 0.6 is 11.6 Å². The number of hydrogen-bond acceptors (Lipinski definition) is 4. The number of carbonyl (C=O) groups excluding carboxylic acids is 1. The molecule has 0 saturated carbocycles. The molecule has 1 fully saturated rings. The van der Waals surface area contributed by atoms with Crippen LogP contribution in [0.4, 0.5) is 10.2 Å². The minimum atomic E-state index is -0.421. The van der Waals surface area contributed by atoms with E-state index in [-0.39, 0.29) is 17.0 Å². The fraction of sp³-hybridized carbons (Fsp3) is 0.400. The van der Waals surface area contributed by atoms with Crippen LogP contribution in [0.25, 0.3) is 0 Å². The number of anilines is 1. The van der Waals surface area contributed by atoms with Gasteiger partial charge in [-0.05, 0) is 25.0 Å². The van der Waals surface area contributed by atoms with Gasteiger partial charge in [0.15, 0.2) is 11.6 Å². The maximum Gasteiger partial charge on any atom is 0.269 e. The number of halogens is 2. The lowest BCUT2D eigenvalue weighted by Gasteiger charge is -2.33. The molecule has 3 rings (SSSR count). The van der Waals surface area contributed by atoms with E-state index in [0.29, 0.717) is 24.6 Å². The van der Waals surface area contributed by atoms with Crippen molar-refractivity contribution in [1.29, 1.82) is 0 Å². The zero-order valence-corrected chi connectivity index (χ0v) is 13.4. The fourth-order valence-corrected chi connectivity index (χ4v) is 2.88. The molecule has 1 amide bonds. The van der Waals surface area contributed by atoms with Crippen molar-refractivity contribution < 1.29 is 9.18 Å². The first-order chi connectivity index (χ1) is 11.0. The number of pyridine rings is 1. The Kier molecular flexibility index (Phi) is 4.47. The zero-order chi connectivity index (χ0) is 16.4. The summed E-state index contributed by atoms with van der Waals surface area (Å²) in [6.07, 6.45) is 4.49. The van der Waals surface area contributed by atoms with Crippen LogP contribution in [0.1, 0.15) is 23.3 Å². The number of carbonyl (C=O) groups is 1. The van der Waals surface area contributed by atoms with Gasteiger partial charge in [0, 0.05) is 38.6 Å². The number of nitrogens with zero attached hydrogens (tertiary/aromatic N) is 4. The first-order valence-electron chi connectivity index (χ1n) is 7.39. The maximum atomic E-state index is 13.9. The fourth-order valence-electron chi connectivity index (χ4n) is 2.73. The summed E-state index contributed by atoms with van der Waals surface area (Å²) in [6.45, 7) is 1.25. The van der Waals surface area contributed by atoms with E-state index in [1.54, 1.807) is 19.3 Å². The molecule has 0 unspecified atom stereocenters. The van der Waals surface area contributed by atoms with E-state index < -0.39 is 5.82 Å². The average molecular weight is 338 g/mol. The highest BCUT2D eigenvalue weighted by Crippen LogP contribution is 2.23. The number of aromatic nitrogens is 3. The van der Waals surface area contributed by atoms with Gasteiger partial charge in [-0.25, -0.2) is 9.37 Å². The van der Waals surface area contributed by atoms with E-state index >= 15 is 0 Å². The number of hydrogen-bond donors (Lipinski definition) is 1. The van der Waals surface area contributed by atoms with Crippen molar-refractivity contribution in [2.24, 2.45) is 7.05 Å². The smallest absolute Gasteiger partial charge is 0.269 e. The monoisotopic (exact) mass is 337 g/mol. The molecule has 3 heterocycles. The Bertz CT molecular complexity index is 712. The maximum absolute atomic E-state index is 13.9. The molecule has 2 aromatic heterocycles. The third-order valence-electron chi connectivity index (χ3n) is 3.97. The molecule has 1 aliphatic heterocycles. The van der Waals surface area contributed by atoms with Gasteiger partial charge in [-0.2, -0.15) is 5.10 Å². The van der Waals surface area contributed by atoms with Crippen molar-refractivity contribution in [2.75, 3.05) is 18.0 Å². The summed E-state index contributed by atoms with van der Waals surface area (Å²) >= 11 is 5.72. The second-order valence-electron chi connectivity index (χ2n) is 5.53. The first kappa shape index (κ1) is 15.7. The summed E-state index contributed by atoms with van der Waals surface area (Å²) in [6, 6.07) is 3.00. The predicted molar refractivity (Wildman–Crippen MR) is 85.1 cm³/mol. The van der Waals surface area contributed by atoms with Crippen molar-refractivity contribution in [1.82, 2.24) is 20.1 Å². The third kappa shape index (κ3) is 3.44. The molecule has 1 aliphatic rings. The van der Waals surface area contributed by atoms with Gasteiger partial charge in [-0.3, -0.25) is 9.48 Å². The van der Waals surface area contributed by atoms with Crippen LogP contribution in [0.15, 0.2) is 24.5 Å². The summed E-state index contributed by atoms with van der Waals surface area (Å²) in [4.78, 5) is 18.1. The lowest BCUT2D eigenvalue weighted by Crippen LogP contribution is -2.45. The minimum absolute atomic E-state index is 0.0593. The summed E-state index contributed by atoms with van der Waals surface area (Å²) < 4.78 is 15.4. The van der Waals surface area contributed by atoms with E-state index in [1.807, 2.05) is 4.90 Å². The molecule has 0 aliphatic carbocycles. The van der Waals surface area contributed by atoms with Gasteiger partial charge in [0.2, 0.25) is 0 Å². The Morgan fingerprint density at radius 2 is 2.17 bits per heavy atom. The Morgan fingerprint density at radius 1 is 1.43 bits per heavy atom. The lowest BCUT2D eigenvalue weighted by molar-refractivity contribution is 0.0921. The van der Waals surface area contributed by atoms with Gasteiger partial charge in [-0.1, -0.05) is 11.6 Å². The van der Waals surface area contributed by atoms with E-state index in [2.05, 4.69) is 15.4 Å². The van der Waals surface area contributed by atoms with Gasteiger partial charge >= 0.3 is 0 Å². The van der Waals surface area contributed by atoms with Crippen LogP contribution in [0, 0.1) is 5.82 Å². The number of rotatable bonds is 3. The second-order valence-corrected chi connectivity index (χ2v) is 5.97. The van der Waals surface area contributed by atoms with Crippen LogP contribution < -0.4 is 10.2 Å². The van der Waals surface area contributed by atoms with Crippen molar-refractivity contribution in [3.63, 3.8) is 0 Å². The van der Waals surface area contributed by atoms with Crippen LogP contribution in [0.3, 0.4) is 0 Å². The summed E-state index contributed by atoms with van der Waals surface area (Å²) in [5, 5.41) is 7.26. The average Bonchev–Trinajstić information content (AvgIpc) is 2.95. The Morgan fingerprint density at radius 3 is 2.78 bits per heavy atom. The largest absolute Gasteiger partial charge is 0.354 e. The molecule has 1 N–H and O–H groups in total. The molecule has 122 valence electrons. The summed E-state index contributed by atoms with van der Waals surface area (Å²) in [5.41, 5.74) is 0.526. The molecule has 0 atom stereocenters. The van der Waals surface area contributed by atoms with Crippen LogP contribution in [0.2, 0.25) is 5.02 Å². The molecule has 0 aromatic carbocycles. The first-order valence-corrected chi connectivity index (χ1v) is 7.77. The van der Waals surface area contributed by atoms with Crippen molar-refractivity contribution in [3.05, 3.63) is 41.1 Å². The van der Waals surface area contributed by atoms with Crippen LogP contribution in [-0.4, -0.2) is 39.8 Å². The van der Waals surface area contributed by atoms with Gasteiger partial charge in [0.05, 0.1) is 5.02 Å². The number of nitrogens with one attached hydrogen (secondary N) is 1. The molecule has 6 nitrogen and oxygen atoms in total. The Labute approximate surface area is 138 Å². The zero-order valence-electron chi connectivity index (χ0n) is 12.7. The molecule has 23 heavy (non-hydrogen) atoms. The third-order valence-corrected chi connectivity index (χ3v) is 4.18. The summed E-state index contributed by atoms with van der Waals surface area (Å²) in [5.74, 6) is -0.250. The highest BCUT2D eigenvalue weighted by atomic mass is 35.5. The van der Waals surface area contributed by atoms with E-state index in [1.165, 1.54) is 16.9 Å². The number of aryl methyl sites for hydroxylation is 1. The van der Waals surface area contributed by atoms with Gasteiger partial charge < -0.3 is 10.2 Å². The SMILES string of the molecule is Cn1nccc1C(=O)NC1CCN(c2ncc(Cl)cc2F)CC1. The number of amides is 1. The van der Waals surface area contributed by atoms with Crippen molar-refractivity contribution in [2.45, 2.75) is 18.9 Å².